The number of fused-ring (bicyclic) bond motifs is 1. The van der Waals surface area contributed by atoms with Crippen molar-refractivity contribution in [1.29, 1.82) is 0 Å². The number of aryl methyl sites for hydroxylation is 1. The van der Waals surface area contributed by atoms with Gasteiger partial charge in [0.2, 0.25) is 0 Å². The van der Waals surface area contributed by atoms with Gasteiger partial charge in [-0.1, -0.05) is 12.1 Å². The minimum Gasteiger partial charge on any atom is -0.353 e. The van der Waals surface area contributed by atoms with Gasteiger partial charge in [0.05, 0.1) is 28.7 Å². The molecule has 1 aromatic carbocycles. The maximum atomic E-state index is 11.6. The number of para-hydroxylation sites is 1. The van der Waals surface area contributed by atoms with Crippen LogP contribution in [0.4, 0.5) is 0 Å². The first-order chi connectivity index (χ1) is 9.69. The number of benzene rings is 1. The number of rotatable bonds is 2. The highest BCUT2D eigenvalue weighted by atomic mass is 16.5. The number of hydrogen-bond donors (Lipinski definition) is 3. The van der Waals surface area contributed by atoms with Crippen molar-refractivity contribution in [1.82, 2.24) is 20.4 Å². The number of nitrogens with zero attached hydrogens (tertiary/aromatic N) is 2. The fraction of sp³-hybridized carbons (Fsp3) is 0.0714. The second kappa shape index (κ2) is 4.75. The van der Waals surface area contributed by atoms with Gasteiger partial charge in [-0.25, -0.2) is 5.48 Å². The first-order valence-corrected chi connectivity index (χ1v) is 6.04. The van der Waals surface area contributed by atoms with Crippen molar-refractivity contribution in [2.24, 2.45) is 0 Å². The minimum atomic E-state index is -0.556. The summed E-state index contributed by atoms with van der Waals surface area (Å²) < 4.78 is 0. The molecule has 0 bridgehead atoms. The van der Waals surface area contributed by atoms with Crippen LogP contribution in [0.2, 0.25) is 0 Å². The molecule has 20 heavy (non-hydrogen) atoms. The van der Waals surface area contributed by atoms with E-state index in [0.717, 1.165) is 16.8 Å². The lowest BCUT2D eigenvalue weighted by Gasteiger charge is -2.00. The van der Waals surface area contributed by atoms with Crippen LogP contribution in [0.3, 0.4) is 0 Å². The second-order valence-electron chi connectivity index (χ2n) is 4.44. The van der Waals surface area contributed by atoms with Crippen LogP contribution >= 0.6 is 0 Å². The third-order valence-corrected chi connectivity index (χ3v) is 3.06. The van der Waals surface area contributed by atoms with Crippen LogP contribution in [0.1, 0.15) is 16.1 Å². The molecule has 3 aromatic rings. The van der Waals surface area contributed by atoms with E-state index in [1.165, 1.54) is 0 Å². The Morgan fingerprint density at radius 1 is 1.30 bits per heavy atom. The summed E-state index contributed by atoms with van der Waals surface area (Å²) in [6, 6.07) is 7.16. The van der Waals surface area contributed by atoms with Crippen molar-refractivity contribution >= 4 is 16.8 Å². The lowest BCUT2D eigenvalue weighted by atomic mass is 10.1. The molecule has 0 aliphatic carbocycles. The third-order valence-electron chi connectivity index (χ3n) is 3.06. The Morgan fingerprint density at radius 2 is 2.15 bits per heavy atom. The summed E-state index contributed by atoms with van der Waals surface area (Å²) in [4.78, 5) is 23.2. The predicted molar refractivity (Wildman–Crippen MR) is 73.3 cm³/mol. The SMILES string of the molecule is Cc1cnc(-c2cc3cccc(C(=O)NO)c3[nH]2)cn1. The van der Waals surface area contributed by atoms with Gasteiger partial charge in [-0.15, -0.1) is 0 Å². The van der Waals surface area contributed by atoms with E-state index in [1.54, 1.807) is 30.0 Å². The summed E-state index contributed by atoms with van der Waals surface area (Å²) in [5, 5.41) is 9.63. The lowest BCUT2D eigenvalue weighted by molar-refractivity contribution is 0.0708. The fourth-order valence-corrected chi connectivity index (χ4v) is 2.08. The lowest BCUT2D eigenvalue weighted by Crippen LogP contribution is -2.18. The highest BCUT2D eigenvalue weighted by Gasteiger charge is 2.12. The molecule has 6 heteroatoms. The van der Waals surface area contributed by atoms with Crippen LogP contribution in [-0.2, 0) is 0 Å². The normalized spacial score (nSPS) is 10.7. The average molecular weight is 268 g/mol. The highest BCUT2D eigenvalue weighted by molar-refractivity contribution is 6.06. The first kappa shape index (κ1) is 12.3. The Balaban J connectivity index is 2.15. The van der Waals surface area contributed by atoms with E-state index in [0.29, 0.717) is 16.8 Å². The quantitative estimate of drug-likeness (QED) is 0.490. The number of nitrogens with one attached hydrogen (secondary N) is 2. The van der Waals surface area contributed by atoms with Gasteiger partial charge in [-0.3, -0.25) is 20.0 Å². The van der Waals surface area contributed by atoms with Crippen molar-refractivity contribution in [2.45, 2.75) is 6.92 Å². The standard InChI is InChI=1S/C14H12N4O2/c1-8-6-16-12(7-15-8)11-5-9-3-2-4-10(13(9)17-11)14(19)18-20/h2-7,17,20H,1H3,(H,18,19). The smallest absolute Gasteiger partial charge is 0.276 e. The number of hydroxylamine groups is 1. The monoisotopic (exact) mass is 268 g/mol. The minimum absolute atomic E-state index is 0.372. The number of H-pyrrole nitrogens is 1. The Kier molecular flexibility index (Phi) is 2.92. The molecule has 3 rings (SSSR count). The maximum absolute atomic E-state index is 11.6. The van der Waals surface area contributed by atoms with Crippen molar-refractivity contribution in [3.63, 3.8) is 0 Å². The zero-order valence-corrected chi connectivity index (χ0v) is 10.7. The van der Waals surface area contributed by atoms with Crippen molar-refractivity contribution in [2.75, 3.05) is 0 Å². The van der Waals surface area contributed by atoms with E-state index >= 15 is 0 Å². The average Bonchev–Trinajstić information content (AvgIpc) is 2.91. The van der Waals surface area contributed by atoms with Gasteiger partial charge in [-0.2, -0.15) is 0 Å². The molecule has 1 amide bonds. The summed E-state index contributed by atoms with van der Waals surface area (Å²) in [6.45, 7) is 1.87. The van der Waals surface area contributed by atoms with E-state index in [4.69, 9.17) is 5.21 Å². The van der Waals surface area contributed by atoms with Crippen LogP contribution in [0.5, 0.6) is 0 Å². The molecule has 3 N–H and O–H groups in total. The maximum Gasteiger partial charge on any atom is 0.276 e. The molecule has 0 saturated carbocycles. The molecular formula is C14H12N4O2. The zero-order valence-electron chi connectivity index (χ0n) is 10.7. The summed E-state index contributed by atoms with van der Waals surface area (Å²) in [5.41, 5.74) is 4.97. The number of carbonyl (C=O) groups excluding carboxylic acids is 1. The number of amides is 1. The van der Waals surface area contributed by atoms with Crippen molar-refractivity contribution < 1.29 is 10.0 Å². The van der Waals surface area contributed by atoms with Crippen LogP contribution in [0.25, 0.3) is 22.3 Å². The molecule has 0 unspecified atom stereocenters. The molecule has 6 nitrogen and oxygen atoms in total. The Labute approximate surface area is 114 Å². The Bertz CT molecular complexity index is 777. The Hall–Kier alpha value is -2.73. The van der Waals surface area contributed by atoms with Gasteiger partial charge < -0.3 is 4.98 Å². The van der Waals surface area contributed by atoms with Crippen LogP contribution in [-0.4, -0.2) is 26.1 Å². The van der Waals surface area contributed by atoms with E-state index in [1.807, 2.05) is 19.1 Å². The van der Waals surface area contributed by atoms with E-state index in [2.05, 4.69) is 15.0 Å². The topological polar surface area (TPSA) is 90.9 Å². The predicted octanol–water partition coefficient (Wildman–Crippen LogP) is 2.05. The van der Waals surface area contributed by atoms with E-state index in [-0.39, 0.29) is 0 Å². The van der Waals surface area contributed by atoms with Crippen molar-refractivity contribution in [3.8, 4) is 11.4 Å². The molecule has 0 saturated heterocycles. The van der Waals surface area contributed by atoms with Gasteiger partial charge in [0.1, 0.15) is 5.69 Å². The molecule has 0 radical (unpaired) electrons. The number of hydrogen-bond acceptors (Lipinski definition) is 4. The van der Waals surface area contributed by atoms with Gasteiger partial charge in [0, 0.05) is 11.6 Å². The van der Waals surface area contributed by atoms with Gasteiger partial charge >= 0.3 is 0 Å². The molecule has 0 fully saturated rings. The number of aromatic nitrogens is 3. The first-order valence-electron chi connectivity index (χ1n) is 6.04. The number of carbonyl (C=O) groups is 1. The summed E-state index contributed by atoms with van der Waals surface area (Å²) >= 11 is 0. The molecule has 0 aliphatic heterocycles. The molecule has 2 aromatic heterocycles. The summed E-state index contributed by atoms with van der Waals surface area (Å²) in [6.07, 6.45) is 3.36. The molecule has 100 valence electrons. The second-order valence-corrected chi connectivity index (χ2v) is 4.44. The van der Waals surface area contributed by atoms with Crippen molar-refractivity contribution in [3.05, 3.63) is 47.9 Å². The zero-order chi connectivity index (χ0) is 14.1. The third kappa shape index (κ3) is 2.02. The van der Waals surface area contributed by atoms with Gasteiger partial charge in [0.25, 0.3) is 5.91 Å². The molecular weight excluding hydrogens is 256 g/mol. The summed E-state index contributed by atoms with van der Waals surface area (Å²) in [7, 11) is 0. The summed E-state index contributed by atoms with van der Waals surface area (Å²) in [5.74, 6) is -0.556. The molecule has 2 heterocycles. The number of aromatic amines is 1. The van der Waals surface area contributed by atoms with E-state index < -0.39 is 5.91 Å². The van der Waals surface area contributed by atoms with Gasteiger partial charge in [0.15, 0.2) is 0 Å². The molecule has 0 aliphatic rings. The van der Waals surface area contributed by atoms with Gasteiger partial charge in [-0.05, 0) is 19.1 Å². The highest BCUT2D eigenvalue weighted by Crippen LogP contribution is 2.24. The Morgan fingerprint density at radius 3 is 2.85 bits per heavy atom. The molecule has 0 spiro atoms. The van der Waals surface area contributed by atoms with Crippen LogP contribution in [0.15, 0.2) is 36.7 Å². The fourth-order valence-electron chi connectivity index (χ4n) is 2.08. The molecule has 0 atom stereocenters. The van der Waals surface area contributed by atoms with Crippen LogP contribution in [0, 0.1) is 6.92 Å². The van der Waals surface area contributed by atoms with Crippen LogP contribution < -0.4 is 5.48 Å². The van der Waals surface area contributed by atoms with E-state index in [9.17, 15) is 4.79 Å². The largest absolute Gasteiger partial charge is 0.353 e.